The molecule has 144 valence electrons. The van der Waals surface area contributed by atoms with Crippen LogP contribution in [0.1, 0.15) is 24.2 Å². The molecule has 0 saturated heterocycles. The van der Waals surface area contributed by atoms with Gasteiger partial charge in [-0.3, -0.25) is 20.4 Å². The average Bonchev–Trinajstić information content (AvgIpc) is 2.67. The van der Waals surface area contributed by atoms with Gasteiger partial charge in [0.2, 0.25) is 0 Å². The monoisotopic (exact) mass is 393 g/mol. The summed E-state index contributed by atoms with van der Waals surface area (Å²) in [7, 11) is 0. The molecule has 2 rings (SSSR count). The number of ether oxygens (including phenoxy) is 1. The Kier molecular flexibility index (Phi) is 7.43. The summed E-state index contributed by atoms with van der Waals surface area (Å²) in [4.78, 5) is 26.0. The SMILES string of the molecule is CCN(CC)c1ccc(C(=O)NNC(=O)COc2ccc(F)cc2Cl)cc1. The molecule has 6 nitrogen and oxygen atoms in total. The van der Waals surface area contributed by atoms with Crippen LogP contribution < -0.4 is 20.5 Å². The van der Waals surface area contributed by atoms with Gasteiger partial charge in [-0.25, -0.2) is 4.39 Å². The van der Waals surface area contributed by atoms with E-state index in [4.69, 9.17) is 16.3 Å². The van der Waals surface area contributed by atoms with E-state index in [1.165, 1.54) is 12.1 Å². The molecule has 2 amide bonds. The van der Waals surface area contributed by atoms with Crippen LogP contribution in [0.4, 0.5) is 10.1 Å². The molecule has 0 aromatic heterocycles. The second-order valence-corrected chi connectivity index (χ2v) is 5.99. The Morgan fingerprint density at radius 2 is 1.74 bits per heavy atom. The number of hydrazine groups is 1. The van der Waals surface area contributed by atoms with E-state index in [1.807, 2.05) is 12.1 Å². The zero-order valence-electron chi connectivity index (χ0n) is 15.1. The number of nitrogens with one attached hydrogen (secondary N) is 2. The van der Waals surface area contributed by atoms with Gasteiger partial charge in [0.05, 0.1) is 5.02 Å². The Balaban J connectivity index is 1.83. The molecule has 0 fully saturated rings. The van der Waals surface area contributed by atoms with Crippen LogP contribution in [0.3, 0.4) is 0 Å². The van der Waals surface area contributed by atoms with E-state index < -0.39 is 17.6 Å². The van der Waals surface area contributed by atoms with Crippen molar-refractivity contribution in [1.29, 1.82) is 0 Å². The van der Waals surface area contributed by atoms with Crippen LogP contribution in [0.2, 0.25) is 5.02 Å². The predicted octanol–water partition coefficient (Wildman–Crippen LogP) is 3.17. The maximum atomic E-state index is 13.0. The molecule has 0 heterocycles. The zero-order chi connectivity index (χ0) is 19.8. The fraction of sp³-hybridized carbons (Fsp3) is 0.263. The molecular formula is C19H21ClFN3O3. The summed E-state index contributed by atoms with van der Waals surface area (Å²) >= 11 is 5.81. The van der Waals surface area contributed by atoms with Crippen molar-refractivity contribution in [2.75, 3.05) is 24.6 Å². The fourth-order valence-electron chi connectivity index (χ4n) is 2.38. The lowest BCUT2D eigenvalue weighted by Gasteiger charge is -2.21. The van der Waals surface area contributed by atoms with E-state index in [-0.39, 0.29) is 17.4 Å². The molecule has 8 heteroatoms. The summed E-state index contributed by atoms with van der Waals surface area (Å²) in [6.45, 7) is 5.47. The molecule has 0 saturated carbocycles. The Bertz CT molecular complexity index is 795. The quantitative estimate of drug-likeness (QED) is 0.709. The molecule has 0 atom stereocenters. The molecule has 0 radical (unpaired) electrons. The van der Waals surface area contributed by atoms with Gasteiger partial charge in [0.15, 0.2) is 6.61 Å². The van der Waals surface area contributed by atoms with Gasteiger partial charge in [-0.15, -0.1) is 0 Å². The van der Waals surface area contributed by atoms with Gasteiger partial charge >= 0.3 is 0 Å². The van der Waals surface area contributed by atoms with Crippen LogP contribution in [-0.4, -0.2) is 31.5 Å². The molecule has 0 aliphatic carbocycles. The summed E-state index contributed by atoms with van der Waals surface area (Å²) in [5.74, 6) is -1.36. The molecule has 27 heavy (non-hydrogen) atoms. The van der Waals surface area contributed by atoms with Crippen LogP contribution in [0.15, 0.2) is 42.5 Å². The number of halogens is 2. The van der Waals surface area contributed by atoms with Gasteiger partial charge in [0.25, 0.3) is 11.8 Å². The number of nitrogens with zero attached hydrogens (tertiary/aromatic N) is 1. The number of carbonyl (C=O) groups is 2. The van der Waals surface area contributed by atoms with E-state index in [9.17, 15) is 14.0 Å². The molecule has 2 aromatic carbocycles. The van der Waals surface area contributed by atoms with Crippen molar-refractivity contribution in [3.8, 4) is 5.75 Å². The predicted molar refractivity (Wildman–Crippen MR) is 103 cm³/mol. The van der Waals surface area contributed by atoms with Crippen molar-refractivity contribution in [3.63, 3.8) is 0 Å². The molecule has 0 aliphatic rings. The van der Waals surface area contributed by atoms with E-state index in [0.717, 1.165) is 24.8 Å². The van der Waals surface area contributed by atoms with Crippen molar-refractivity contribution in [2.45, 2.75) is 13.8 Å². The van der Waals surface area contributed by atoms with Crippen molar-refractivity contribution < 1.29 is 18.7 Å². The van der Waals surface area contributed by atoms with Crippen LogP contribution >= 0.6 is 11.6 Å². The van der Waals surface area contributed by atoms with Crippen LogP contribution in [0.25, 0.3) is 0 Å². The van der Waals surface area contributed by atoms with E-state index >= 15 is 0 Å². The van der Waals surface area contributed by atoms with Gasteiger partial charge in [0, 0.05) is 24.3 Å². The first-order valence-electron chi connectivity index (χ1n) is 8.46. The molecule has 0 spiro atoms. The van der Waals surface area contributed by atoms with E-state index in [2.05, 4.69) is 29.6 Å². The molecule has 0 bridgehead atoms. The van der Waals surface area contributed by atoms with Gasteiger partial charge in [-0.2, -0.15) is 0 Å². The molecule has 2 aromatic rings. The number of benzene rings is 2. The largest absolute Gasteiger partial charge is 0.482 e. The van der Waals surface area contributed by atoms with Crippen molar-refractivity contribution in [1.82, 2.24) is 10.9 Å². The normalized spacial score (nSPS) is 10.2. The zero-order valence-corrected chi connectivity index (χ0v) is 15.8. The summed E-state index contributed by atoms with van der Waals surface area (Å²) in [5.41, 5.74) is 5.99. The van der Waals surface area contributed by atoms with E-state index in [1.54, 1.807) is 12.1 Å². The molecule has 2 N–H and O–H groups in total. The smallest absolute Gasteiger partial charge is 0.276 e. The highest BCUT2D eigenvalue weighted by Crippen LogP contribution is 2.24. The van der Waals surface area contributed by atoms with Crippen molar-refractivity contribution in [2.24, 2.45) is 0 Å². The number of hydrogen-bond acceptors (Lipinski definition) is 4. The Morgan fingerprint density at radius 3 is 2.33 bits per heavy atom. The third-order valence-electron chi connectivity index (χ3n) is 3.83. The second kappa shape index (κ2) is 9.78. The number of amides is 2. The number of hydrogen-bond donors (Lipinski definition) is 2. The highest BCUT2D eigenvalue weighted by molar-refractivity contribution is 6.32. The standard InChI is InChI=1S/C19H21ClFN3O3/c1-3-24(4-2)15-8-5-13(6-9-15)19(26)23-22-18(25)12-27-17-10-7-14(21)11-16(17)20/h5-11H,3-4,12H2,1-2H3,(H,22,25)(H,23,26). The maximum absolute atomic E-state index is 13.0. The van der Waals surface area contributed by atoms with Crippen LogP contribution in [0.5, 0.6) is 5.75 Å². The second-order valence-electron chi connectivity index (χ2n) is 5.58. The first-order chi connectivity index (χ1) is 12.9. The Hall–Kier alpha value is -2.80. The van der Waals surface area contributed by atoms with Gasteiger partial charge in [-0.1, -0.05) is 11.6 Å². The first-order valence-corrected chi connectivity index (χ1v) is 8.84. The first kappa shape index (κ1) is 20.5. The summed E-state index contributed by atoms with van der Waals surface area (Å²) < 4.78 is 18.1. The van der Waals surface area contributed by atoms with Crippen molar-refractivity contribution in [3.05, 3.63) is 58.9 Å². The summed E-state index contributed by atoms with van der Waals surface area (Å²) in [6, 6.07) is 10.6. The van der Waals surface area contributed by atoms with Crippen LogP contribution in [0, 0.1) is 5.82 Å². The number of rotatable bonds is 7. The summed E-state index contributed by atoms with van der Waals surface area (Å²) in [5, 5.41) is 0.0557. The number of anilines is 1. The van der Waals surface area contributed by atoms with Crippen molar-refractivity contribution >= 4 is 29.1 Å². The molecule has 0 unspecified atom stereocenters. The van der Waals surface area contributed by atoms with Gasteiger partial charge in [-0.05, 0) is 56.3 Å². The van der Waals surface area contributed by atoms with E-state index in [0.29, 0.717) is 5.56 Å². The highest BCUT2D eigenvalue weighted by Gasteiger charge is 2.10. The lowest BCUT2D eigenvalue weighted by molar-refractivity contribution is -0.123. The van der Waals surface area contributed by atoms with Crippen LogP contribution in [-0.2, 0) is 4.79 Å². The minimum atomic E-state index is -0.580. The number of carbonyl (C=O) groups excluding carboxylic acids is 2. The molecular weight excluding hydrogens is 373 g/mol. The minimum absolute atomic E-state index is 0.0557. The average molecular weight is 394 g/mol. The molecule has 0 aliphatic heterocycles. The third-order valence-corrected chi connectivity index (χ3v) is 4.12. The lowest BCUT2D eigenvalue weighted by atomic mass is 10.2. The van der Waals surface area contributed by atoms with Gasteiger partial charge in [0.1, 0.15) is 11.6 Å². The fourth-order valence-corrected chi connectivity index (χ4v) is 2.60. The summed E-state index contributed by atoms with van der Waals surface area (Å²) in [6.07, 6.45) is 0. The Labute approximate surface area is 162 Å². The lowest BCUT2D eigenvalue weighted by Crippen LogP contribution is -2.43. The van der Waals surface area contributed by atoms with Gasteiger partial charge < -0.3 is 9.64 Å². The minimum Gasteiger partial charge on any atom is -0.482 e. The highest BCUT2D eigenvalue weighted by atomic mass is 35.5. The topological polar surface area (TPSA) is 70.7 Å². The maximum Gasteiger partial charge on any atom is 0.276 e. The Morgan fingerprint density at radius 1 is 1.07 bits per heavy atom. The third kappa shape index (κ3) is 5.86.